The van der Waals surface area contributed by atoms with Crippen LogP contribution < -0.4 is 0 Å². The van der Waals surface area contributed by atoms with Gasteiger partial charge in [-0.2, -0.15) is 0 Å². The Morgan fingerprint density at radius 2 is 0.762 bits per heavy atom. The molecule has 0 saturated carbocycles. The van der Waals surface area contributed by atoms with Crippen LogP contribution >= 0.6 is 27.7 Å². The zero-order chi connectivity index (χ0) is 15.3. The van der Waals surface area contributed by atoms with Crippen molar-refractivity contribution in [3.8, 4) is 0 Å². The minimum atomic E-state index is 1.23. The van der Waals surface area contributed by atoms with Crippen molar-refractivity contribution in [2.24, 2.45) is 0 Å². The monoisotopic (exact) mass is 342 g/mol. The number of unbranched alkanes of at least 4 members (excludes halogenated alkanes) is 3. The highest BCUT2D eigenvalue weighted by molar-refractivity contribution is 7.16. The highest BCUT2D eigenvalue weighted by Crippen LogP contribution is 2.17. The van der Waals surface area contributed by atoms with Gasteiger partial charge in [0.05, 0.1) is 0 Å². The highest BCUT2D eigenvalue weighted by Gasteiger charge is 2.02. The molecule has 0 nitrogen and oxygen atoms in total. The zero-order valence-corrected chi connectivity index (χ0v) is 16.9. The molecule has 21 heavy (non-hydrogen) atoms. The molecule has 0 fully saturated rings. The Morgan fingerprint density at radius 3 is 1.00 bits per heavy atom. The van der Waals surface area contributed by atoms with Gasteiger partial charge in [0, 0.05) is 0 Å². The third-order valence-electron chi connectivity index (χ3n) is 3.87. The third kappa shape index (κ3) is 9.29. The van der Waals surface area contributed by atoms with Gasteiger partial charge in [0.15, 0.2) is 0 Å². The van der Waals surface area contributed by atoms with Crippen molar-refractivity contribution in [1.82, 2.24) is 0 Å². The molecule has 1 aromatic carbocycles. The third-order valence-corrected chi connectivity index (χ3v) is 5.10. The molecule has 0 N–H and O–H groups in total. The Hall–Kier alpha value is 0.510. The SMILES string of the molecule is PCCCCc1cc(CCCCP)cc(CCCCP)c1. The smallest absolute Gasteiger partial charge is 0.0279 e. The van der Waals surface area contributed by atoms with Crippen LogP contribution in [-0.4, -0.2) is 18.5 Å². The number of benzene rings is 1. The summed E-state index contributed by atoms with van der Waals surface area (Å²) in [4.78, 5) is 0. The predicted molar refractivity (Wildman–Crippen MR) is 109 cm³/mol. The molecule has 0 aliphatic rings. The van der Waals surface area contributed by atoms with Gasteiger partial charge in [-0.15, -0.1) is 27.7 Å². The second kappa shape index (κ2) is 13.0. The van der Waals surface area contributed by atoms with Gasteiger partial charge in [-0.05, 0) is 93.0 Å². The average Bonchev–Trinajstić information content (AvgIpc) is 2.48. The molecular formula is C18H33P3. The maximum atomic E-state index is 2.84. The zero-order valence-electron chi connectivity index (χ0n) is 13.4. The molecule has 120 valence electrons. The summed E-state index contributed by atoms with van der Waals surface area (Å²) in [5.41, 5.74) is 4.70. The summed E-state index contributed by atoms with van der Waals surface area (Å²) in [6.07, 6.45) is 15.4. The summed E-state index contributed by atoms with van der Waals surface area (Å²) in [5, 5.41) is 0. The lowest BCUT2D eigenvalue weighted by Crippen LogP contribution is -1.96. The predicted octanol–water partition coefficient (Wildman–Crippen LogP) is 5.28. The summed E-state index contributed by atoms with van der Waals surface area (Å²) < 4.78 is 0. The van der Waals surface area contributed by atoms with Crippen molar-refractivity contribution in [3.05, 3.63) is 34.9 Å². The van der Waals surface area contributed by atoms with Crippen LogP contribution in [0.4, 0.5) is 0 Å². The minimum absolute atomic E-state index is 1.23. The van der Waals surface area contributed by atoms with Crippen molar-refractivity contribution in [2.75, 3.05) is 18.5 Å². The van der Waals surface area contributed by atoms with Crippen molar-refractivity contribution < 1.29 is 0 Å². The lowest BCUT2D eigenvalue weighted by atomic mass is 9.96. The molecule has 0 saturated heterocycles. The number of hydrogen-bond donors (Lipinski definition) is 0. The fourth-order valence-corrected chi connectivity index (χ4v) is 3.56. The molecule has 3 atom stereocenters. The van der Waals surface area contributed by atoms with Gasteiger partial charge in [0.1, 0.15) is 0 Å². The van der Waals surface area contributed by atoms with Crippen molar-refractivity contribution in [1.29, 1.82) is 0 Å². The molecule has 0 radical (unpaired) electrons. The Morgan fingerprint density at radius 1 is 0.476 bits per heavy atom. The maximum absolute atomic E-state index is 2.84. The Bertz CT molecular complexity index is 307. The van der Waals surface area contributed by atoms with E-state index in [1.165, 1.54) is 76.3 Å². The van der Waals surface area contributed by atoms with Crippen molar-refractivity contribution in [3.63, 3.8) is 0 Å². The van der Waals surface area contributed by atoms with E-state index in [-0.39, 0.29) is 0 Å². The van der Waals surface area contributed by atoms with Gasteiger partial charge in [-0.3, -0.25) is 0 Å². The Balaban J connectivity index is 2.65. The van der Waals surface area contributed by atoms with Gasteiger partial charge in [-0.25, -0.2) is 0 Å². The summed E-state index contributed by atoms with van der Waals surface area (Å²) in [6.45, 7) is 0. The van der Waals surface area contributed by atoms with Gasteiger partial charge < -0.3 is 0 Å². The van der Waals surface area contributed by atoms with Crippen molar-refractivity contribution >= 4 is 27.7 Å². The lowest BCUT2D eigenvalue weighted by Gasteiger charge is -2.10. The summed E-state index contributed by atoms with van der Waals surface area (Å²) in [5.74, 6) is 0. The first-order chi connectivity index (χ1) is 10.3. The lowest BCUT2D eigenvalue weighted by molar-refractivity contribution is 0.772. The Kier molecular flexibility index (Phi) is 12.1. The first-order valence-corrected chi connectivity index (χ1v) is 11.0. The van der Waals surface area contributed by atoms with E-state index in [4.69, 9.17) is 0 Å². The van der Waals surface area contributed by atoms with E-state index in [0.717, 1.165) is 0 Å². The fraction of sp³-hybridized carbons (Fsp3) is 0.667. The molecule has 0 amide bonds. The quantitative estimate of drug-likeness (QED) is 0.358. The molecule has 0 aromatic heterocycles. The average molecular weight is 342 g/mol. The molecule has 0 bridgehead atoms. The molecule has 0 spiro atoms. The van der Waals surface area contributed by atoms with Gasteiger partial charge in [-0.1, -0.05) is 18.2 Å². The minimum Gasteiger partial charge on any atom is -0.138 e. The topological polar surface area (TPSA) is 0 Å². The fourth-order valence-electron chi connectivity index (χ4n) is 2.69. The molecule has 3 unspecified atom stereocenters. The van der Waals surface area contributed by atoms with E-state index >= 15 is 0 Å². The molecule has 0 heterocycles. The standard InChI is InChI=1S/C18H33P3/c19-10-4-1-7-16-13-17(8-2-5-11-20)15-18(14-16)9-3-6-12-21/h13-15H,1-12,19-21H2. The molecule has 0 aliphatic carbocycles. The van der Waals surface area contributed by atoms with Crippen LogP contribution in [0, 0.1) is 0 Å². The Labute approximate surface area is 139 Å². The van der Waals surface area contributed by atoms with E-state index in [1.807, 2.05) is 0 Å². The largest absolute Gasteiger partial charge is 0.138 e. The first-order valence-electron chi connectivity index (χ1n) is 8.52. The molecule has 0 aliphatic heterocycles. The van der Waals surface area contributed by atoms with Gasteiger partial charge in [0.2, 0.25) is 0 Å². The number of hydrogen-bond acceptors (Lipinski definition) is 0. The summed E-state index contributed by atoms with van der Waals surface area (Å²) >= 11 is 0. The van der Waals surface area contributed by atoms with Crippen LogP contribution in [-0.2, 0) is 19.3 Å². The normalized spacial score (nSPS) is 11.0. The van der Waals surface area contributed by atoms with Crippen molar-refractivity contribution in [2.45, 2.75) is 57.8 Å². The first kappa shape index (κ1) is 19.6. The summed E-state index contributed by atoms with van der Waals surface area (Å²) in [6, 6.07) is 7.39. The van der Waals surface area contributed by atoms with Gasteiger partial charge >= 0.3 is 0 Å². The highest BCUT2D eigenvalue weighted by atomic mass is 31.0. The van der Waals surface area contributed by atoms with E-state index in [9.17, 15) is 0 Å². The molecule has 1 aromatic rings. The maximum Gasteiger partial charge on any atom is -0.0279 e. The van der Waals surface area contributed by atoms with Gasteiger partial charge in [0.25, 0.3) is 0 Å². The van der Waals surface area contributed by atoms with Crippen LogP contribution in [0.1, 0.15) is 55.2 Å². The van der Waals surface area contributed by atoms with E-state index < -0.39 is 0 Å². The van der Waals surface area contributed by atoms with Crippen LogP contribution in [0.25, 0.3) is 0 Å². The van der Waals surface area contributed by atoms with E-state index in [0.29, 0.717) is 0 Å². The van der Waals surface area contributed by atoms with Crippen LogP contribution in [0.5, 0.6) is 0 Å². The van der Waals surface area contributed by atoms with Crippen LogP contribution in [0.15, 0.2) is 18.2 Å². The number of aryl methyl sites for hydroxylation is 3. The van der Waals surface area contributed by atoms with Crippen LogP contribution in [0.3, 0.4) is 0 Å². The second-order valence-corrected chi connectivity index (χ2v) is 7.63. The number of rotatable bonds is 12. The van der Waals surface area contributed by atoms with E-state index in [1.54, 1.807) is 16.7 Å². The molecule has 1 rings (SSSR count). The summed E-state index contributed by atoms with van der Waals surface area (Å²) in [7, 11) is 8.52. The molecular weight excluding hydrogens is 309 g/mol. The second-order valence-electron chi connectivity index (χ2n) is 5.90. The van der Waals surface area contributed by atoms with Crippen LogP contribution in [0.2, 0.25) is 0 Å². The molecule has 3 heteroatoms. The van der Waals surface area contributed by atoms with E-state index in [2.05, 4.69) is 45.9 Å².